The van der Waals surface area contributed by atoms with Gasteiger partial charge in [-0.15, -0.1) is 11.8 Å². The van der Waals surface area contributed by atoms with Gasteiger partial charge in [0.15, 0.2) is 0 Å². The van der Waals surface area contributed by atoms with Crippen LogP contribution in [0.15, 0.2) is 59.5 Å². The maximum absolute atomic E-state index is 9.97. The molecule has 2 N–H and O–H groups in total. The number of phenols is 1. The first-order valence-electron chi connectivity index (χ1n) is 5.40. The molecule has 1 atom stereocenters. The fourth-order valence-corrected chi connectivity index (χ4v) is 2.44. The molecule has 0 fully saturated rings. The Kier molecular flexibility index (Phi) is 4.07. The van der Waals surface area contributed by atoms with E-state index in [0.717, 1.165) is 10.5 Å². The van der Waals surface area contributed by atoms with E-state index in [2.05, 4.69) is 0 Å². The molecule has 1 unspecified atom stereocenters. The van der Waals surface area contributed by atoms with E-state index < -0.39 is 6.10 Å². The summed E-state index contributed by atoms with van der Waals surface area (Å²) in [6.07, 6.45) is -0.483. The summed E-state index contributed by atoms with van der Waals surface area (Å²) in [5.74, 6) is 0.831. The summed E-state index contributed by atoms with van der Waals surface area (Å²) in [6, 6.07) is 16.6. The first kappa shape index (κ1) is 12.0. The van der Waals surface area contributed by atoms with Crippen molar-refractivity contribution < 1.29 is 10.2 Å². The van der Waals surface area contributed by atoms with Crippen LogP contribution in [0.4, 0.5) is 0 Å². The molecule has 0 bridgehead atoms. The maximum Gasteiger partial charge on any atom is 0.116 e. The van der Waals surface area contributed by atoms with Gasteiger partial charge in [0.1, 0.15) is 5.75 Å². The van der Waals surface area contributed by atoms with Crippen LogP contribution in [-0.2, 0) is 0 Å². The van der Waals surface area contributed by atoms with Crippen LogP contribution in [0.2, 0.25) is 0 Å². The zero-order valence-electron chi connectivity index (χ0n) is 9.28. The van der Waals surface area contributed by atoms with Crippen molar-refractivity contribution in [3.63, 3.8) is 0 Å². The summed E-state index contributed by atoms with van der Waals surface area (Å²) < 4.78 is 0. The lowest BCUT2D eigenvalue weighted by Crippen LogP contribution is -1.99. The highest BCUT2D eigenvalue weighted by molar-refractivity contribution is 7.99. The molecule has 2 aromatic rings. The molecule has 0 aromatic heterocycles. The molecule has 2 aromatic carbocycles. The summed E-state index contributed by atoms with van der Waals surface area (Å²) in [5, 5.41) is 19.3. The molecular weight excluding hydrogens is 232 g/mol. The number of hydrogen-bond acceptors (Lipinski definition) is 3. The molecule has 0 aliphatic heterocycles. The van der Waals surface area contributed by atoms with Gasteiger partial charge in [0.05, 0.1) is 6.10 Å². The quantitative estimate of drug-likeness (QED) is 0.814. The summed E-state index contributed by atoms with van der Waals surface area (Å²) in [6.45, 7) is 0. The van der Waals surface area contributed by atoms with E-state index in [0.29, 0.717) is 5.75 Å². The topological polar surface area (TPSA) is 40.5 Å². The largest absolute Gasteiger partial charge is 0.508 e. The van der Waals surface area contributed by atoms with E-state index in [4.69, 9.17) is 0 Å². The van der Waals surface area contributed by atoms with Crippen molar-refractivity contribution in [2.75, 3.05) is 5.75 Å². The molecule has 2 nitrogen and oxygen atoms in total. The van der Waals surface area contributed by atoms with E-state index in [-0.39, 0.29) is 5.75 Å². The Labute approximate surface area is 105 Å². The van der Waals surface area contributed by atoms with Crippen molar-refractivity contribution in [1.29, 1.82) is 0 Å². The highest BCUT2D eigenvalue weighted by atomic mass is 32.2. The summed E-state index contributed by atoms with van der Waals surface area (Å²) >= 11 is 1.53. The van der Waals surface area contributed by atoms with E-state index in [1.54, 1.807) is 18.2 Å². The number of phenolic OH excluding ortho intramolecular Hbond substituents is 1. The van der Waals surface area contributed by atoms with Crippen molar-refractivity contribution in [3.8, 4) is 5.75 Å². The number of hydrogen-bond donors (Lipinski definition) is 2. The molecule has 0 heterocycles. The third-order valence-corrected chi connectivity index (χ3v) is 3.48. The van der Waals surface area contributed by atoms with Gasteiger partial charge in [-0.3, -0.25) is 0 Å². The van der Waals surface area contributed by atoms with Gasteiger partial charge in [0.25, 0.3) is 0 Å². The van der Waals surface area contributed by atoms with Crippen LogP contribution in [0.5, 0.6) is 5.75 Å². The minimum atomic E-state index is -0.483. The average molecular weight is 246 g/mol. The van der Waals surface area contributed by atoms with Gasteiger partial charge in [-0.1, -0.05) is 36.4 Å². The Bertz CT molecular complexity index is 471. The molecule has 0 saturated heterocycles. The molecule has 88 valence electrons. The number of aliphatic hydroxyl groups is 1. The predicted molar refractivity (Wildman–Crippen MR) is 70.2 cm³/mol. The lowest BCUT2D eigenvalue weighted by atomic mass is 10.1. The van der Waals surface area contributed by atoms with Gasteiger partial charge in [-0.2, -0.15) is 0 Å². The average Bonchev–Trinajstić information content (AvgIpc) is 2.37. The first-order chi connectivity index (χ1) is 8.25. The van der Waals surface area contributed by atoms with Crippen molar-refractivity contribution in [2.24, 2.45) is 0 Å². The van der Waals surface area contributed by atoms with Crippen molar-refractivity contribution in [1.82, 2.24) is 0 Å². The molecule has 0 spiro atoms. The second-order valence-electron chi connectivity index (χ2n) is 3.73. The first-order valence-corrected chi connectivity index (χ1v) is 6.39. The Morgan fingerprint density at radius 2 is 1.76 bits per heavy atom. The zero-order chi connectivity index (χ0) is 12.1. The lowest BCUT2D eigenvalue weighted by Gasteiger charge is -2.10. The van der Waals surface area contributed by atoms with Crippen molar-refractivity contribution in [2.45, 2.75) is 11.0 Å². The van der Waals surface area contributed by atoms with E-state index >= 15 is 0 Å². The van der Waals surface area contributed by atoms with Gasteiger partial charge < -0.3 is 10.2 Å². The minimum Gasteiger partial charge on any atom is -0.508 e. The minimum absolute atomic E-state index is 0.254. The standard InChI is InChI=1S/C14H14O2S/c15-12-7-4-8-13(9-12)17-10-14(16)11-5-2-1-3-6-11/h1-9,14-16H,10H2. The molecule has 0 aliphatic carbocycles. The molecule has 0 saturated carbocycles. The summed E-state index contributed by atoms with van der Waals surface area (Å²) in [4.78, 5) is 0.958. The SMILES string of the molecule is Oc1cccc(SCC(O)c2ccccc2)c1. The molecule has 0 amide bonds. The fraction of sp³-hybridized carbons (Fsp3) is 0.143. The van der Waals surface area contributed by atoms with Gasteiger partial charge in [0.2, 0.25) is 0 Å². The van der Waals surface area contributed by atoms with Crippen LogP contribution in [-0.4, -0.2) is 16.0 Å². The Morgan fingerprint density at radius 1 is 1.00 bits per heavy atom. The van der Waals surface area contributed by atoms with Crippen LogP contribution in [0, 0.1) is 0 Å². The van der Waals surface area contributed by atoms with Gasteiger partial charge >= 0.3 is 0 Å². The van der Waals surface area contributed by atoms with Crippen molar-refractivity contribution in [3.05, 3.63) is 60.2 Å². The van der Waals surface area contributed by atoms with E-state index in [9.17, 15) is 10.2 Å². The van der Waals surface area contributed by atoms with Gasteiger partial charge in [-0.25, -0.2) is 0 Å². The number of benzene rings is 2. The number of aliphatic hydroxyl groups excluding tert-OH is 1. The smallest absolute Gasteiger partial charge is 0.116 e. The molecule has 3 heteroatoms. The van der Waals surface area contributed by atoms with Gasteiger partial charge in [0, 0.05) is 10.6 Å². The fourth-order valence-electron chi connectivity index (χ4n) is 1.52. The summed E-state index contributed by atoms with van der Waals surface area (Å²) in [7, 11) is 0. The van der Waals surface area contributed by atoms with Crippen LogP contribution in [0.25, 0.3) is 0 Å². The molecule has 0 radical (unpaired) electrons. The number of thioether (sulfide) groups is 1. The number of aromatic hydroxyl groups is 1. The van der Waals surface area contributed by atoms with Gasteiger partial charge in [-0.05, 0) is 23.8 Å². The van der Waals surface area contributed by atoms with E-state index in [1.807, 2.05) is 36.4 Å². The molecule has 2 rings (SSSR count). The lowest BCUT2D eigenvalue weighted by molar-refractivity contribution is 0.204. The highest BCUT2D eigenvalue weighted by Crippen LogP contribution is 2.26. The molecule has 0 aliphatic rings. The normalized spacial score (nSPS) is 12.3. The Balaban J connectivity index is 1.95. The monoisotopic (exact) mass is 246 g/mol. The van der Waals surface area contributed by atoms with E-state index in [1.165, 1.54) is 11.8 Å². The second kappa shape index (κ2) is 5.75. The molecular formula is C14H14O2S. The zero-order valence-corrected chi connectivity index (χ0v) is 10.1. The highest BCUT2D eigenvalue weighted by Gasteiger charge is 2.07. The maximum atomic E-state index is 9.97. The second-order valence-corrected chi connectivity index (χ2v) is 4.83. The van der Waals surface area contributed by atoms with Crippen molar-refractivity contribution >= 4 is 11.8 Å². The third kappa shape index (κ3) is 3.51. The number of rotatable bonds is 4. The van der Waals surface area contributed by atoms with Crippen LogP contribution < -0.4 is 0 Å². The van der Waals surface area contributed by atoms with Crippen LogP contribution in [0.1, 0.15) is 11.7 Å². The van der Waals surface area contributed by atoms with Crippen LogP contribution >= 0.6 is 11.8 Å². The molecule has 17 heavy (non-hydrogen) atoms. The Hall–Kier alpha value is -1.45. The summed E-state index contributed by atoms with van der Waals surface area (Å²) in [5.41, 5.74) is 0.917. The Morgan fingerprint density at radius 3 is 2.47 bits per heavy atom. The van der Waals surface area contributed by atoms with Crippen LogP contribution in [0.3, 0.4) is 0 Å². The third-order valence-electron chi connectivity index (χ3n) is 2.41. The predicted octanol–water partition coefficient (Wildman–Crippen LogP) is 3.22.